The van der Waals surface area contributed by atoms with E-state index in [0.717, 1.165) is 34.3 Å². The van der Waals surface area contributed by atoms with Gasteiger partial charge in [0.05, 0.1) is 5.39 Å². The Morgan fingerprint density at radius 2 is 1.85 bits per heavy atom. The van der Waals surface area contributed by atoms with Crippen molar-refractivity contribution in [3.05, 3.63) is 53.0 Å². The molecule has 0 saturated heterocycles. The van der Waals surface area contributed by atoms with Crippen LogP contribution in [0.5, 0.6) is 0 Å². The van der Waals surface area contributed by atoms with Crippen LogP contribution in [0.15, 0.2) is 30.3 Å². The van der Waals surface area contributed by atoms with Crippen molar-refractivity contribution in [3.8, 4) is 0 Å². The number of hydrogen-bond acceptors (Lipinski definition) is 5. The average molecular weight is 349 g/mol. The molecule has 0 saturated carbocycles. The van der Waals surface area contributed by atoms with Crippen LogP contribution in [0.1, 0.15) is 34.4 Å². The minimum Gasteiger partial charge on any atom is -0.362 e. The van der Waals surface area contributed by atoms with E-state index in [1.807, 2.05) is 63.2 Å². The topological polar surface area (TPSA) is 71.0 Å². The van der Waals surface area contributed by atoms with Gasteiger partial charge >= 0.3 is 0 Å². The molecule has 0 atom stereocenters. The van der Waals surface area contributed by atoms with Crippen molar-refractivity contribution >= 4 is 28.4 Å². The second kappa shape index (κ2) is 7.07. The maximum absolute atomic E-state index is 12.8. The molecule has 0 unspecified atom stereocenters. The number of carbonyl (C=O) groups is 1. The number of carbonyl (C=O) groups excluding carboxylic acids is 1. The first-order valence-electron chi connectivity index (χ1n) is 8.63. The van der Waals surface area contributed by atoms with Crippen molar-refractivity contribution in [2.24, 2.45) is 0 Å². The lowest BCUT2D eigenvalue weighted by molar-refractivity contribution is 0.101. The third-order valence-corrected chi connectivity index (χ3v) is 4.25. The second-order valence-electron chi connectivity index (χ2n) is 6.51. The normalized spacial score (nSPS) is 10.8. The first-order chi connectivity index (χ1) is 12.4. The van der Waals surface area contributed by atoms with Crippen LogP contribution in [0.4, 0.5) is 11.5 Å². The number of fused-ring (bicyclic) bond motifs is 1. The van der Waals surface area contributed by atoms with Crippen LogP contribution in [0.2, 0.25) is 0 Å². The van der Waals surface area contributed by atoms with Gasteiger partial charge < -0.3 is 10.2 Å². The van der Waals surface area contributed by atoms with Crippen LogP contribution in [0, 0.1) is 13.8 Å². The Morgan fingerprint density at radius 1 is 1.12 bits per heavy atom. The van der Waals surface area contributed by atoms with Gasteiger partial charge in [0.2, 0.25) is 5.82 Å². The van der Waals surface area contributed by atoms with Gasteiger partial charge in [-0.3, -0.25) is 4.79 Å². The summed E-state index contributed by atoms with van der Waals surface area (Å²) in [5.74, 6) is 0.468. The summed E-state index contributed by atoms with van der Waals surface area (Å²) in [4.78, 5) is 28.1. The van der Waals surface area contributed by atoms with Crippen molar-refractivity contribution in [1.29, 1.82) is 0 Å². The van der Waals surface area contributed by atoms with Gasteiger partial charge in [-0.15, -0.1) is 0 Å². The monoisotopic (exact) mass is 349 g/mol. The molecule has 0 radical (unpaired) electrons. The summed E-state index contributed by atoms with van der Waals surface area (Å²) in [6, 6.07) is 9.74. The summed E-state index contributed by atoms with van der Waals surface area (Å²) in [6.45, 7) is 5.98. The van der Waals surface area contributed by atoms with Crippen molar-refractivity contribution in [2.75, 3.05) is 24.3 Å². The van der Waals surface area contributed by atoms with E-state index < -0.39 is 0 Å². The minimum absolute atomic E-state index is 0.115. The molecule has 1 aromatic carbocycles. The lowest BCUT2D eigenvalue weighted by Gasteiger charge is -2.17. The summed E-state index contributed by atoms with van der Waals surface area (Å²) in [6.07, 6.45) is 0.831. The van der Waals surface area contributed by atoms with Gasteiger partial charge in [-0.05, 0) is 43.5 Å². The number of pyridine rings is 1. The highest BCUT2D eigenvalue weighted by Crippen LogP contribution is 2.26. The van der Waals surface area contributed by atoms with Crippen molar-refractivity contribution < 1.29 is 4.79 Å². The van der Waals surface area contributed by atoms with E-state index in [2.05, 4.69) is 27.2 Å². The highest BCUT2D eigenvalue weighted by Gasteiger charge is 2.18. The fourth-order valence-corrected chi connectivity index (χ4v) is 3.01. The predicted octanol–water partition coefficient (Wildman–Crippen LogP) is 3.52. The van der Waals surface area contributed by atoms with Crippen molar-refractivity contribution in [3.63, 3.8) is 0 Å². The molecule has 0 aliphatic carbocycles. The van der Waals surface area contributed by atoms with Gasteiger partial charge in [0, 0.05) is 25.5 Å². The summed E-state index contributed by atoms with van der Waals surface area (Å²) >= 11 is 0. The third-order valence-electron chi connectivity index (χ3n) is 4.25. The fourth-order valence-electron chi connectivity index (χ4n) is 3.01. The van der Waals surface area contributed by atoms with E-state index in [9.17, 15) is 4.79 Å². The Bertz CT molecular complexity index is 981. The lowest BCUT2D eigenvalue weighted by atomic mass is 10.1. The number of nitrogens with zero attached hydrogens (tertiary/aromatic N) is 4. The number of aromatic nitrogens is 3. The number of anilines is 2. The van der Waals surface area contributed by atoms with Gasteiger partial charge in [-0.2, -0.15) is 0 Å². The van der Waals surface area contributed by atoms with Crippen LogP contribution >= 0.6 is 0 Å². The molecule has 1 N–H and O–H groups in total. The maximum atomic E-state index is 12.8. The standard InChI is InChI=1S/C20H23N5O/c1-6-14-9-7-8-10-15(14)22-20(26)18-23-17-16(19(24-18)25(4)5)12(2)11-13(3)21-17/h7-11H,6H2,1-5H3,(H,22,26). The predicted molar refractivity (Wildman–Crippen MR) is 105 cm³/mol. The van der Waals surface area contributed by atoms with E-state index in [1.54, 1.807) is 0 Å². The molecule has 3 rings (SSSR count). The third kappa shape index (κ3) is 3.35. The van der Waals surface area contributed by atoms with Crippen molar-refractivity contribution in [2.45, 2.75) is 27.2 Å². The smallest absolute Gasteiger partial charge is 0.293 e. The zero-order chi connectivity index (χ0) is 18.8. The Kier molecular flexibility index (Phi) is 4.84. The molecule has 0 aliphatic rings. The van der Waals surface area contributed by atoms with Gasteiger partial charge in [0.1, 0.15) is 5.82 Å². The quantitative estimate of drug-likeness (QED) is 0.780. The Morgan fingerprint density at radius 3 is 2.54 bits per heavy atom. The molecular formula is C20H23N5O. The molecule has 134 valence electrons. The highest BCUT2D eigenvalue weighted by molar-refractivity contribution is 6.04. The zero-order valence-electron chi connectivity index (χ0n) is 15.8. The summed E-state index contributed by atoms with van der Waals surface area (Å²) in [7, 11) is 3.80. The molecule has 0 bridgehead atoms. The number of benzene rings is 1. The molecule has 0 fully saturated rings. The SMILES string of the molecule is CCc1ccccc1NC(=O)c1nc(N(C)C)c2c(C)cc(C)nc2n1. The van der Waals surface area contributed by atoms with E-state index >= 15 is 0 Å². The number of rotatable bonds is 4. The molecule has 3 aromatic rings. The zero-order valence-corrected chi connectivity index (χ0v) is 15.8. The first-order valence-corrected chi connectivity index (χ1v) is 8.63. The van der Waals surface area contributed by atoms with Crippen molar-refractivity contribution in [1.82, 2.24) is 15.0 Å². The van der Waals surface area contributed by atoms with Crippen LogP contribution in [-0.2, 0) is 6.42 Å². The number of para-hydroxylation sites is 1. The molecule has 2 heterocycles. The molecule has 1 amide bonds. The van der Waals surface area contributed by atoms with Crippen LogP contribution in [0.3, 0.4) is 0 Å². The molecule has 0 spiro atoms. The molecule has 2 aromatic heterocycles. The van der Waals surface area contributed by atoms with E-state index in [1.165, 1.54) is 0 Å². The molecule has 0 aliphatic heterocycles. The van der Waals surface area contributed by atoms with Gasteiger partial charge in [0.15, 0.2) is 5.65 Å². The van der Waals surface area contributed by atoms with Gasteiger partial charge in [-0.1, -0.05) is 25.1 Å². The summed E-state index contributed by atoms with van der Waals surface area (Å²) in [5.41, 5.74) is 4.29. The molecule has 6 heteroatoms. The maximum Gasteiger partial charge on any atom is 0.293 e. The first kappa shape index (κ1) is 17.8. The van der Waals surface area contributed by atoms with Gasteiger partial charge in [-0.25, -0.2) is 15.0 Å². The van der Waals surface area contributed by atoms with E-state index in [4.69, 9.17) is 0 Å². The average Bonchev–Trinajstić information content (AvgIpc) is 2.60. The number of hydrogen-bond donors (Lipinski definition) is 1. The molecule has 26 heavy (non-hydrogen) atoms. The lowest BCUT2D eigenvalue weighted by Crippen LogP contribution is -2.20. The Labute approximate surface area is 153 Å². The number of amides is 1. The molecule has 6 nitrogen and oxygen atoms in total. The largest absolute Gasteiger partial charge is 0.362 e. The Balaban J connectivity index is 2.08. The van der Waals surface area contributed by atoms with Gasteiger partial charge in [0.25, 0.3) is 5.91 Å². The van der Waals surface area contributed by atoms with E-state index in [0.29, 0.717) is 11.5 Å². The van der Waals surface area contributed by atoms with Crippen LogP contribution in [0.25, 0.3) is 11.0 Å². The number of nitrogens with one attached hydrogen (secondary N) is 1. The highest BCUT2D eigenvalue weighted by atomic mass is 16.2. The summed E-state index contributed by atoms with van der Waals surface area (Å²) in [5, 5.41) is 3.79. The summed E-state index contributed by atoms with van der Waals surface area (Å²) < 4.78 is 0. The van der Waals surface area contributed by atoms with E-state index in [-0.39, 0.29) is 11.7 Å². The minimum atomic E-state index is -0.336. The number of aryl methyl sites for hydroxylation is 3. The second-order valence-corrected chi connectivity index (χ2v) is 6.51. The molecular weight excluding hydrogens is 326 g/mol. The fraction of sp³-hybridized carbons (Fsp3) is 0.300. The van der Waals surface area contributed by atoms with Crippen LogP contribution in [-0.4, -0.2) is 35.0 Å². The van der Waals surface area contributed by atoms with Crippen LogP contribution < -0.4 is 10.2 Å². The Hall–Kier alpha value is -3.02.